The number of unbranched alkanes of at least 4 members (excludes halogenated alkanes) is 1. The van der Waals surface area contributed by atoms with Gasteiger partial charge < -0.3 is 10.1 Å². The van der Waals surface area contributed by atoms with E-state index in [9.17, 15) is 0 Å². The highest BCUT2D eigenvalue weighted by Gasteiger charge is 2.09. The molecule has 0 saturated heterocycles. The first kappa shape index (κ1) is 14.2. The van der Waals surface area contributed by atoms with Gasteiger partial charge in [0.2, 0.25) is 0 Å². The number of benzene rings is 1. The number of rotatable bonds is 6. The number of nitrogens with one attached hydrogen (secondary N) is 1. The van der Waals surface area contributed by atoms with Crippen molar-refractivity contribution in [2.24, 2.45) is 0 Å². The fourth-order valence-corrected chi connectivity index (χ4v) is 1.95. The van der Waals surface area contributed by atoms with Gasteiger partial charge in [0.1, 0.15) is 5.75 Å². The van der Waals surface area contributed by atoms with Crippen LogP contribution in [0, 0.1) is 6.92 Å². The standard InChI is InChI=1S/C14H22ClNO/c1-5-6-7-11(3)16-13-8-10(2)12(15)9-14(13)17-4/h8-9,11,16H,5-7H2,1-4H3. The zero-order chi connectivity index (χ0) is 12.8. The van der Waals surface area contributed by atoms with Gasteiger partial charge in [-0.05, 0) is 31.9 Å². The molecule has 17 heavy (non-hydrogen) atoms. The Morgan fingerprint density at radius 2 is 2.12 bits per heavy atom. The summed E-state index contributed by atoms with van der Waals surface area (Å²) in [5.74, 6) is 0.809. The Kier molecular flexibility index (Phi) is 5.63. The molecule has 0 radical (unpaired) electrons. The number of anilines is 1. The van der Waals surface area contributed by atoms with Gasteiger partial charge in [-0.25, -0.2) is 0 Å². The minimum absolute atomic E-state index is 0.449. The second kappa shape index (κ2) is 6.75. The van der Waals surface area contributed by atoms with Gasteiger partial charge in [-0.2, -0.15) is 0 Å². The molecule has 96 valence electrons. The van der Waals surface area contributed by atoms with E-state index in [4.69, 9.17) is 16.3 Å². The monoisotopic (exact) mass is 255 g/mol. The van der Waals surface area contributed by atoms with Crippen LogP contribution < -0.4 is 10.1 Å². The molecule has 1 aromatic rings. The maximum atomic E-state index is 6.08. The van der Waals surface area contributed by atoms with Crippen LogP contribution in [0.5, 0.6) is 5.75 Å². The Morgan fingerprint density at radius 3 is 2.71 bits per heavy atom. The van der Waals surface area contributed by atoms with Crippen LogP contribution in [0.1, 0.15) is 38.7 Å². The molecule has 1 N–H and O–H groups in total. The molecule has 0 amide bonds. The van der Waals surface area contributed by atoms with Crippen molar-refractivity contribution < 1.29 is 4.74 Å². The van der Waals surface area contributed by atoms with Crippen molar-refractivity contribution in [2.75, 3.05) is 12.4 Å². The molecule has 1 aromatic carbocycles. The highest BCUT2D eigenvalue weighted by molar-refractivity contribution is 6.31. The molecule has 0 aliphatic rings. The zero-order valence-electron chi connectivity index (χ0n) is 11.1. The minimum Gasteiger partial charge on any atom is -0.495 e. The number of hydrogen-bond donors (Lipinski definition) is 1. The summed E-state index contributed by atoms with van der Waals surface area (Å²) < 4.78 is 5.34. The first-order valence-corrected chi connectivity index (χ1v) is 6.57. The summed E-state index contributed by atoms with van der Waals surface area (Å²) >= 11 is 6.08. The van der Waals surface area contributed by atoms with Crippen molar-refractivity contribution in [1.29, 1.82) is 0 Å². The van der Waals surface area contributed by atoms with Crippen molar-refractivity contribution in [2.45, 2.75) is 46.1 Å². The average Bonchev–Trinajstić information content (AvgIpc) is 2.31. The molecule has 0 aliphatic heterocycles. The van der Waals surface area contributed by atoms with Gasteiger partial charge in [0, 0.05) is 17.1 Å². The lowest BCUT2D eigenvalue weighted by molar-refractivity contribution is 0.415. The van der Waals surface area contributed by atoms with Gasteiger partial charge in [0.05, 0.1) is 12.8 Å². The molecule has 0 heterocycles. The predicted octanol–water partition coefficient (Wildman–Crippen LogP) is 4.65. The summed E-state index contributed by atoms with van der Waals surface area (Å²) in [5, 5.41) is 4.22. The summed E-state index contributed by atoms with van der Waals surface area (Å²) in [4.78, 5) is 0. The second-order valence-electron chi connectivity index (χ2n) is 4.49. The average molecular weight is 256 g/mol. The van der Waals surface area contributed by atoms with E-state index in [1.165, 1.54) is 19.3 Å². The molecule has 0 aromatic heterocycles. The maximum absolute atomic E-state index is 6.08. The lowest BCUT2D eigenvalue weighted by atomic mass is 10.1. The molecular formula is C14H22ClNO. The predicted molar refractivity (Wildman–Crippen MR) is 75.4 cm³/mol. The van der Waals surface area contributed by atoms with E-state index in [0.29, 0.717) is 6.04 Å². The lowest BCUT2D eigenvalue weighted by Crippen LogP contribution is -2.15. The van der Waals surface area contributed by atoms with E-state index in [1.54, 1.807) is 7.11 Å². The van der Waals surface area contributed by atoms with E-state index < -0.39 is 0 Å². The third-order valence-electron chi connectivity index (χ3n) is 2.87. The molecule has 3 heteroatoms. The molecule has 1 atom stereocenters. The van der Waals surface area contributed by atoms with Crippen molar-refractivity contribution in [1.82, 2.24) is 0 Å². The van der Waals surface area contributed by atoms with E-state index in [1.807, 2.05) is 19.1 Å². The van der Waals surface area contributed by atoms with E-state index in [-0.39, 0.29) is 0 Å². The Labute approximate surface area is 109 Å². The Balaban J connectivity index is 2.78. The Hall–Kier alpha value is -0.890. The lowest BCUT2D eigenvalue weighted by Gasteiger charge is -2.18. The highest BCUT2D eigenvalue weighted by Crippen LogP contribution is 2.31. The number of ether oxygens (including phenoxy) is 1. The molecule has 0 fully saturated rings. The largest absolute Gasteiger partial charge is 0.495 e. The molecule has 0 saturated carbocycles. The van der Waals surface area contributed by atoms with Crippen LogP contribution in [0.2, 0.25) is 5.02 Å². The van der Waals surface area contributed by atoms with Gasteiger partial charge >= 0.3 is 0 Å². The number of halogens is 1. The van der Waals surface area contributed by atoms with Crippen molar-refractivity contribution in [3.8, 4) is 5.75 Å². The summed E-state index contributed by atoms with van der Waals surface area (Å²) in [6, 6.07) is 4.36. The van der Waals surface area contributed by atoms with Crippen molar-refractivity contribution in [3.63, 3.8) is 0 Å². The SMILES string of the molecule is CCCCC(C)Nc1cc(C)c(Cl)cc1OC. The Morgan fingerprint density at radius 1 is 1.41 bits per heavy atom. The van der Waals surface area contributed by atoms with Crippen LogP contribution in [0.25, 0.3) is 0 Å². The third-order valence-corrected chi connectivity index (χ3v) is 3.28. The maximum Gasteiger partial charge on any atom is 0.143 e. The van der Waals surface area contributed by atoms with E-state index in [0.717, 1.165) is 22.0 Å². The van der Waals surface area contributed by atoms with Crippen LogP contribution in [0.3, 0.4) is 0 Å². The first-order valence-electron chi connectivity index (χ1n) is 6.19. The molecule has 1 rings (SSSR count). The minimum atomic E-state index is 0.449. The quantitative estimate of drug-likeness (QED) is 0.799. The molecular weight excluding hydrogens is 234 g/mol. The van der Waals surface area contributed by atoms with Gasteiger partial charge in [-0.15, -0.1) is 0 Å². The fourth-order valence-electron chi connectivity index (χ4n) is 1.79. The number of methoxy groups -OCH3 is 1. The third kappa shape index (κ3) is 4.12. The highest BCUT2D eigenvalue weighted by atomic mass is 35.5. The molecule has 0 bridgehead atoms. The number of hydrogen-bond acceptors (Lipinski definition) is 2. The molecule has 1 unspecified atom stereocenters. The topological polar surface area (TPSA) is 21.3 Å². The zero-order valence-corrected chi connectivity index (χ0v) is 11.9. The normalized spacial score (nSPS) is 12.3. The van der Waals surface area contributed by atoms with Crippen molar-refractivity contribution in [3.05, 3.63) is 22.7 Å². The summed E-state index contributed by atoms with van der Waals surface area (Å²) in [6.45, 7) is 6.41. The first-order chi connectivity index (χ1) is 8.08. The summed E-state index contributed by atoms with van der Waals surface area (Å²) in [7, 11) is 1.67. The van der Waals surface area contributed by atoms with E-state index in [2.05, 4.69) is 19.2 Å². The fraction of sp³-hybridized carbons (Fsp3) is 0.571. The smallest absolute Gasteiger partial charge is 0.143 e. The van der Waals surface area contributed by atoms with Gasteiger partial charge in [-0.3, -0.25) is 0 Å². The van der Waals surface area contributed by atoms with Crippen LogP contribution in [0.15, 0.2) is 12.1 Å². The van der Waals surface area contributed by atoms with E-state index >= 15 is 0 Å². The molecule has 0 aliphatic carbocycles. The van der Waals surface area contributed by atoms with Crippen LogP contribution in [-0.4, -0.2) is 13.2 Å². The summed E-state index contributed by atoms with van der Waals surface area (Å²) in [6.07, 6.45) is 3.63. The number of aryl methyl sites for hydroxylation is 1. The van der Waals surface area contributed by atoms with Gasteiger partial charge in [0.15, 0.2) is 0 Å². The Bertz CT molecular complexity index is 365. The molecule has 0 spiro atoms. The van der Waals surface area contributed by atoms with Crippen LogP contribution in [0.4, 0.5) is 5.69 Å². The second-order valence-corrected chi connectivity index (χ2v) is 4.90. The van der Waals surface area contributed by atoms with Gasteiger partial charge in [-0.1, -0.05) is 31.4 Å². The molecule has 2 nitrogen and oxygen atoms in total. The van der Waals surface area contributed by atoms with Crippen LogP contribution >= 0.6 is 11.6 Å². The van der Waals surface area contributed by atoms with Gasteiger partial charge in [0.25, 0.3) is 0 Å². The summed E-state index contributed by atoms with van der Waals surface area (Å²) in [5.41, 5.74) is 2.09. The van der Waals surface area contributed by atoms with Crippen LogP contribution in [-0.2, 0) is 0 Å². The van der Waals surface area contributed by atoms with Crippen molar-refractivity contribution >= 4 is 17.3 Å².